The lowest BCUT2D eigenvalue weighted by Crippen LogP contribution is -2.40. The molecule has 0 bridgehead atoms. The highest BCUT2D eigenvalue weighted by atomic mass is 16.3. The molecule has 1 heterocycles. The van der Waals surface area contributed by atoms with Gasteiger partial charge in [-0.15, -0.1) is 0 Å². The third kappa shape index (κ3) is 5.43. The SMILES string of the molecule is CC(C)(C)C(O)CNC(=O)Nc1cccc(N2CCCCC2)c1. The summed E-state index contributed by atoms with van der Waals surface area (Å²) in [5.41, 5.74) is 1.68. The summed E-state index contributed by atoms with van der Waals surface area (Å²) in [6.07, 6.45) is 3.17. The van der Waals surface area contributed by atoms with Crippen LogP contribution in [0.4, 0.5) is 16.2 Å². The van der Waals surface area contributed by atoms with Crippen molar-refractivity contribution in [1.82, 2.24) is 5.32 Å². The Morgan fingerprint density at radius 2 is 1.96 bits per heavy atom. The van der Waals surface area contributed by atoms with E-state index in [1.165, 1.54) is 19.3 Å². The van der Waals surface area contributed by atoms with Crippen LogP contribution in [0, 0.1) is 5.41 Å². The Hall–Kier alpha value is -1.75. The molecule has 1 aliphatic heterocycles. The van der Waals surface area contributed by atoms with Crippen LogP contribution in [0.15, 0.2) is 24.3 Å². The Labute approximate surface area is 139 Å². The molecule has 23 heavy (non-hydrogen) atoms. The van der Waals surface area contributed by atoms with Gasteiger partial charge in [-0.05, 0) is 42.9 Å². The first-order chi connectivity index (χ1) is 10.9. The minimum atomic E-state index is -0.576. The van der Waals surface area contributed by atoms with Crippen molar-refractivity contribution in [2.45, 2.75) is 46.1 Å². The quantitative estimate of drug-likeness (QED) is 0.798. The van der Waals surface area contributed by atoms with Gasteiger partial charge in [0.1, 0.15) is 0 Å². The molecule has 1 fully saturated rings. The van der Waals surface area contributed by atoms with Crippen molar-refractivity contribution in [1.29, 1.82) is 0 Å². The molecule has 1 unspecified atom stereocenters. The monoisotopic (exact) mass is 319 g/mol. The van der Waals surface area contributed by atoms with E-state index in [0.717, 1.165) is 24.5 Å². The molecule has 1 aromatic rings. The fraction of sp³-hybridized carbons (Fsp3) is 0.611. The minimum Gasteiger partial charge on any atom is -0.391 e. The second-order valence-electron chi connectivity index (χ2n) is 7.31. The Morgan fingerprint density at radius 1 is 1.26 bits per heavy atom. The van der Waals surface area contributed by atoms with E-state index in [1.54, 1.807) is 0 Å². The first kappa shape index (κ1) is 17.6. The van der Waals surface area contributed by atoms with Gasteiger partial charge in [0.25, 0.3) is 0 Å². The summed E-state index contributed by atoms with van der Waals surface area (Å²) < 4.78 is 0. The summed E-state index contributed by atoms with van der Waals surface area (Å²) in [5, 5.41) is 15.5. The predicted molar refractivity (Wildman–Crippen MR) is 95.0 cm³/mol. The highest BCUT2D eigenvalue weighted by Gasteiger charge is 2.22. The summed E-state index contributed by atoms with van der Waals surface area (Å²) in [6, 6.07) is 7.64. The van der Waals surface area contributed by atoms with Gasteiger partial charge in [0.2, 0.25) is 0 Å². The Kier molecular flexibility index (Phi) is 5.88. The van der Waals surface area contributed by atoms with Gasteiger partial charge in [-0.25, -0.2) is 4.79 Å². The van der Waals surface area contributed by atoms with E-state index in [1.807, 2.05) is 39.0 Å². The number of hydrogen-bond acceptors (Lipinski definition) is 3. The van der Waals surface area contributed by atoms with Crippen LogP contribution < -0.4 is 15.5 Å². The van der Waals surface area contributed by atoms with E-state index >= 15 is 0 Å². The molecule has 1 saturated heterocycles. The van der Waals surface area contributed by atoms with Crippen molar-refractivity contribution < 1.29 is 9.90 Å². The molecule has 0 aromatic heterocycles. The smallest absolute Gasteiger partial charge is 0.319 e. The molecule has 2 amide bonds. The number of amides is 2. The molecular formula is C18H29N3O2. The molecular weight excluding hydrogens is 290 g/mol. The number of urea groups is 1. The minimum absolute atomic E-state index is 0.237. The van der Waals surface area contributed by atoms with E-state index in [0.29, 0.717) is 0 Å². The Balaban J connectivity index is 1.88. The van der Waals surface area contributed by atoms with Crippen molar-refractivity contribution in [3.8, 4) is 0 Å². The van der Waals surface area contributed by atoms with E-state index < -0.39 is 6.10 Å². The lowest BCUT2D eigenvalue weighted by molar-refractivity contribution is 0.0654. The zero-order chi connectivity index (χ0) is 16.9. The Morgan fingerprint density at radius 3 is 2.61 bits per heavy atom. The van der Waals surface area contributed by atoms with Crippen LogP contribution in [-0.2, 0) is 0 Å². The largest absolute Gasteiger partial charge is 0.391 e. The fourth-order valence-electron chi connectivity index (χ4n) is 2.60. The van der Waals surface area contributed by atoms with Crippen molar-refractivity contribution in [2.24, 2.45) is 5.41 Å². The van der Waals surface area contributed by atoms with Crippen LogP contribution in [0.5, 0.6) is 0 Å². The normalized spacial score (nSPS) is 16.8. The van der Waals surface area contributed by atoms with Crippen LogP contribution in [0.2, 0.25) is 0 Å². The summed E-state index contributed by atoms with van der Waals surface area (Å²) in [5.74, 6) is 0. The zero-order valence-electron chi connectivity index (χ0n) is 14.4. The number of benzene rings is 1. The van der Waals surface area contributed by atoms with Crippen LogP contribution in [-0.4, -0.2) is 36.9 Å². The molecule has 1 aromatic carbocycles. The molecule has 0 saturated carbocycles. The average Bonchev–Trinajstić information content (AvgIpc) is 2.53. The van der Waals surface area contributed by atoms with Crippen LogP contribution in [0.25, 0.3) is 0 Å². The number of nitrogens with zero attached hydrogens (tertiary/aromatic N) is 1. The summed E-state index contributed by atoms with van der Waals surface area (Å²) in [4.78, 5) is 14.3. The number of hydrogen-bond donors (Lipinski definition) is 3. The summed E-state index contributed by atoms with van der Waals surface area (Å²) >= 11 is 0. The number of carbonyl (C=O) groups excluding carboxylic acids is 1. The molecule has 0 radical (unpaired) electrons. The number of piperidine rings is 1. The summed E-state index contributed by atoms with van der Waals surface area (Å²) in [7, 11) is 0. The van der Waals surface area contributed by atoms with Gasteiger partial charge in [0, 0.05) is 31.0 Å². The Bertz CT molecular complexity index is 519. The number of anilines is 2. The second-order valence-corrected chi connectivity index (χ2v) is 7.31. The second kappa shape index (κ2) is 7.68. The standard InChI is InChI=1S/C18H29N3O2/c1-18(2,3)16(22)13-19-17(23)20-14-8-7-9-15(12-14)21-10-5-4-6-11-21/h7-9,12,16,22H,4-6,10-11,13H2,1-3H3,(H2,19,20,23). The maximum absolute atomic E-state index is 12.0. The first-order valence-corrected chi connectivity index (χ1v) is 8.44. The first-order valence-electron chi connectivity index (χ1n) is 8.44. The number of aliphatic hydroxyl groups is 1. The van der Waals surface area contributed by atoms with Gasteiger partial charge >= 0.3 is 6.03 Å². The maximum Gasteiger partial charge on any atom is 0.319 e. The third-order valence-electron chi connectivity index (χ3n) is 4.28. The van der Waals surface area contributed by atoms with E-state index in [2.05, 4.69) is 21.6 Å². The molecule has 128 valence electrons. The zero-order valence-corrected chi connectivity index (χ0v) is 14.4. The molecule has 2 rings (SSSR count). The predicted octanol–water partition coefficient (Wildman–Crippen LogP) is 3.21. The van der Waals surface area contributed by atoms with E-state index in [4.69, 9.17) is 0 Å². The lowest BCUT2D eigenvalue weighted by Gasteiger charge is -2.29. The van der Waals surface area contributed by atoms with Gasteiger partial charge in [0.05, 0.1) is 6.10 Å². The van der Waals surface area contributed by atoms with E-state index in [-0.39, 0.29) is 18.0 Å². The molecule has 0 aliphatic carbocycles. The van der Waals surface area contributed by atoms with E-state index in [9.17, 15) is 9.90 Å². The average molecular weight is 319 g/mol. The number of aliphatic hydroxyl groups excluding tert-OH is 1. The van der Waals surface area contributed by atoms with Crippen molar-refractivity contribution >= 4 is 17.4 Å². The topological polar surface area (TPSA) is 64.6 Å². The third-order valence-corrected chi connectivity index (χ3v) is 4.28. The molecule has 5 heteroatoms. The highest BCUT2D eigenvalue weighted by molar-refractivity contribution is 5.89. The number of carbonyl (C=O) groups is 1. The van der Waals surface area contributed by atoms with Crippen molar-refractivity contribution in [2.75, 3.05) is 29.9 Å². The van der Waals surface area contributed by atoms with Crippen molar-refractivity contribution in [3.63, 3.8) is 0 Å². The molecule has 1 atom stereocenters. The maximum atomic E-state index is 12.0. The molecule has 1 aliphatic rings. The molecule has 5 nitrogen and oxygen atoms in total. The van der Waals surface area contributed by atoms with Crippen LogP contribution in [0.1, 0.15) is 40.0 Å². The van der Waals surface area contributed by atoms with Gasteiger partial charge in [-0.3, -0.25) is 0 Å². The fourth-order valence-corrected chi connectivity index (χ4v) is 2.60. The van der Waals surface area contributed by atoms with Gasteiger partial charge in [-0.1, -0.05) is 26.8 Å². The van der Waals surface area contributed by atoms with Gasteiger partial charge in [-0.2, -0.15) is 0 Å². The van der Waals surface area contributed by atoms with Crippen LogP contribution in [0.3, 0.4) is 0 Å². The number of nitrogens with one attached hydrogen (secondary N) is 2. The number of rotatable bonds is 4. The van der Waals surface area contributed by atoms with Crippen molar-refractivity contribution in [3.05, 3.63) is 24.3 Å². The van der Waals surface area contributed by atoms with Crippen LogP contribution >= 0.6 is 0 Å². The van der Waals surface area contributed by atoms with Gasteiger partial charge in [0.15, 0.2) is 0 Å². The summed E-state index contributed by atoms with van der Waals surface area (Å²) in [6.45, 7) is 8.22. The molecule has 3 N–H and O–H groups in total. The highest BCUT2D eigenvalue weighted by Crippen LogP contribution is 2.23. The molecule has 0 spiro atoms. The van der Waals surface area contributed by atoms with Gasteiger partial charge < -0.3 is 20.6 Å². The lowest BCUT2D eigenvalue weighted by atomic mass is 9.89.